The van der Waals surface area contributed by atoms with Crippen LogP contribution in [0.5, 0.6) is 0 Å². The quantitative estimate of drug-likeness (QED) is 0.447. The topological polar surface area (TPSA) is 113 Å². The van der Waals surface area contributed by atoms with Crippen molar-refractivity contribution in [2.75, 3.05) is 43.1 Å². The number of halogens is 1. The summed E-state index contributed by atoms with van der Waals surface area (Å²) in [6, 6.07) is 7.45. The molecule has 0 saturated carbocycles. The van der Waals surface area contributed by atoms with E-state index in [0.717, 1.165) is 6.07 Å². The maximum atomic E-state index is 13.8. The number of carbonyl (C=O) groups excluding carboxylic acids is 1. The Kier molecular flexibility index (Phi) is 5.35. The summed E-state index contributed by atoms with van der Waals surface area (Å²) in [4.78, 5) is 30.1. The van der Waals surface area contributed by atoms with Gasteiger partial charge in [-0.3, -0.25) is 10.1 Å². The average molecular weight is 385 g/mol. The van der Waals surface area contributed by atoms with E-state index in [9.17, 15) is 24.6 Å². The summed E-state index contributed by atoms with van der Waals surface area (Å²) in [6.45, 7) is 1.62. The molecule has 2 aromatic rings. The zero-order valence-electron chi connectivity index (χ0n) is 15.0. The molecule has 1 aliphatic rings. The Balaban J connectivity index is 1.82. The van der Waals surface area contributed by atoms with Crippen LogP contribution < -0.4 is 9.80 Å². The summed E-state index contributed by atoms with van der Waals surface area (Å²) in [7, 11) is 1.18. The lowest BCUT2D eigenvalue weighted by atomic mass is 10.1. The highest BCUT2D eigenvalue weighted by molar-refractivity contribution is 5.90. The number of methoxy groups -OCH3 is 1. The van der Waals surface area contributed by atoms with Gasteiger partial charge in [-0.2, -0.15) is 5.26 Å². The normalized spacial score (nSPS) is 13.8. The monoisotopic (exact) mass is 385 g/mol. The van der Waals surface area contributed by atoms with Crippen LogP contribution in [0, 0.1) is 27.3 Å². The van der Waals surface area contributed by atoms with E-state index in [2.05, 4.69) is 9.72 Å². The van der Waals surface area contributed by atoms with Gasteiger partial charge in [0.05, 0.1) is 23.3 Å². The van der Waals surface area contributed by atoms with Crippen LogP contribution in [-0.2, 0) is 4.74 Å². The molecular weight excluding hydrogens is 369 g/mol. The fourth-order valence-electron chi connectivity index (χ4n) is 3.10. The first kappa shape index (κ1) is 19.0. The Bertz CT molecular complexity index is 967. The largest absolute Gasteiger partial charge is 0.465 e. The lowest BCUT2D eigenvalue weighted by molar-refractivity contribution is -0.384. The van der Waals surface area contributed by atoms with E-state index < -0.39 is 16.7 Å². The summed E-state index contributed by atoms with van der Waals surface area (Å²) < 4.78 is 18.4. The molecule has 0 radical (unpaired) electrons. The van der Waals surface area contributed by atoms with E-state index in [1.54, 1.807) is 11.0 Å². The first-order valence-electron chi connectivity index (χ1n) is 8.37. The molecular formula is C18H16FN5O4. The number of pyridine rings is 1. The molecule has 0 atom stereocenters. The molecule has 3 rings (SSSR count). The summed E-state index contributed by atoms with van der Waals surface area (Å²) >= 11 is 0. The third-order valence-electron chi connectivity index (χ3n) is 4.49. The van der Waals surface area contributed by atoms with Crippen LogP contribution in [0.25, 0.3) is 0 Å². The Morgan fingerprint density at radius 2 is 2.00 bits per heavy atom. The van der Waals surface area contributed by atoms with Crippen molar-refractivity contribution in [1.29, 1.82) is 5.26 Å². The second kappa shape index (κ2) is 7.87. The minimum atomic E-state index is -0.706. The van der Waals surface area contributed by atoms with Crippen molar-refractivity contribution in [2.45, 2.75) is 0 Å². The number of rotatable bonds is 4. The van der Waals surface area contributed by atoms with Crippen molar-refractivity contribution in [1.82, 2.24) is 4.98 Å². The van der Waals surface area contributed by atoms with E-state index in [4.69, 9.17) is 0 Å². The Hall–Kier alpha value is -3.74. The van der Waals surface area contributed by atoms with Crippen molar-refractivity contribution in [2.24, 2.45) is 0 Å². The highest BCUT2D eigenvalue weighted by Gasteiger charge is 2.28. The standard InChI is InChI=1S/C18H16FN5O4/c1-28-18(25)12-9-16(24(26)27)17(21-11-12)23-7-5-22(6-8-23)15-4-2-3-14(19)13(15)10-20/h2-4,9,11H,5-8H2,1H3. The number of carbonyl (C=O) groups is 1. The highest BCUT2D eigenvalue weighted by Crippen LogP contribution is 2.29. The third-order valence-corrected chi connectivity index (χ3v) is 4.49. The molecule has 10 heteroatoms. The van der Waals surface area contributed by atoms with Gasteiger partial charge < -0.3 is 14.5 Å². The van der Waals surface area contributed by atoms with Crippen molar-refractivity contribution < 1.29 is 18.8 Å². The Labute approximate surface area is 159 Å². The second-order valence-electron chi connectivity index (χ2n) is 6.04. The summed E-state index contributed by atoms with van der Waals surface area (Å²) in [6.07, 6.45) is 1.24. The lowest BCUT2D eigenvalue weighted by Gasteiger charge is -2.36. The number of hydrogen-bond acceptors (Lipinski definition) is 8. The second-order valence-corrected chi connectivity index (χ2v) is 6.04. The van der Waals surface area contributed by atoms with E-state index in [0.29, 0.717) is 31.9 Å². The summed E-state index contributed by atoms with van der Waals surface area (Å²) in [5, 5.41) is 20.6. The number of aromatic nitrogens is 1. The molecule has 0 amide bonds. The van der Waals surface area contributed by atoms with E-state index in [1.807, 2.05) is 11.0 Å². The van der Waals surface area contributed by atoms with Crippen LogP contribution in [0.1, 0.15) is 15.9 Å². The lowest BCUT2D eigenvalue weighted by Crippen LogP contribution is -2.47. The van der Waals surface area contributed by atoms with Gasteiger partial charge in [-0.15, -0.1) is 0 Å². The predicted octanol–water partition coefficient (Wildman–Crippen LogP) is 2.11. The maximum absolute atomic E-state index is 13.8. The zero-order chi connectivity index (χ0) is 20.3. The van der Waals surface area contributed by atoms with E-state index >= 15 is 0 Å². The molecule has 0 aliphatic carbocycles. The first-order chi connectivity index (χ1) is 13.5. The van der Waals surface area contributed by atoms with Gasteiger partial charge in [0, 0.05) is 38.4 Å². The molecule has 0 bridgehead atoms. The van der Waals surface area contributed by atoms with E-state index in [-0.39, 0.29) is 22.6 Å². The number of benzene rings is 1. The molecule has 1 aromatic heterocycles. The number of hydrogen-bond donors (Lipinski definition) is 0. The van der Waals surface area contributed by atoms with Gasteiger partial charge in [0.25, 0.3) is 0 Å². The number of ether oxygens (including phenoxy) is 1. The molecule has 144 valence electrons. The first-order valence-corrected chi connectivity index (χ1v) is 8.37. The van der Waals surface area contributed by atoms with Gasteiger partial charge in [0.15, 0.2) is 0 Å². The average Bonchev–Trinajstić information content (AvgIpc) is 2.72. The predicted molar refractivity (Wildman–Crippen MR) is 97.8 cm³/mol. The highest BCUT2D eigenvalue weighted by atomic mass is 19.1. The molecule has 1 saturated heterocycles. The molecule has 0 spiro atoms. The minimum absolute atomic E-state index is 0.00462. The number of nitrogens with zero attached hydrogens (tertiary/aromatic N) is 5. The van der Waals surface area contributed by atoms with Gasteiger partial charge in [0.1, 0.15) is 17.4 Å². The fourth-order valence-corrected chi connectivity index (χ4v) is 3.10. The number of esters is 1. The van der Waals surface area contributed by atoms with Crippen molar-refractivity contribution >= 4 is 23.2 Å². The van der Waals surface area contributed by atoms with Crippen LogP contribution >= 0.6 is 0 Å². The van der Waals surface area contributed by atoms with Gasteiger partial charge >= 0.3 is 11.7 Å². The van der Waals surface area contributed by atoms with Crippen molar-refractivity contribution in [3.05, 3.63) is 57.5 Å². The Morgan fingerprint density at radius 1 is 1.32 bits per heavy atom. The molecule has 28 heavy (non-hydrogen) atoms. The summed E-state index contributed by atoms with van der Waals surface area (Å²) in [5.74, 6) is -1.14. The minimum Gasteiger partial charge on any atom is -0.465 e. The number of piperazine rings is 1. The summed E-state index contributed by atoms with van der Waals surface area (Å²) in [5.41, 5.74) is 0.169. The third kappa shape index (κ3) is 3.55. The van der Waals surface area contributed by atoms with Crippen LogP contribution in [0.15, 0.2) is 30.5 Å². The zero-order valence-corrected chi connectivity index (χ0v) is 15.0. The van der Waals surface area contributed by atoms with Gasteiger partial charge in [-0.25, -0.2) is 14.2 Å². The molecule has 9 nitrogen and oxygen atoms in total. The van der Waals surface area contributed by atoms with Crippen molar-refractivity contribution in [3.63, 3.8) is 0 Å². The number of anilines is 2. The van der Waals surface area contributed by atoms with Crippen LogP contribution in [0.2, 0.25) is 0 Å². The molecule has 1 fully saturated rings. The molecule has 2 heterocycles. The smallest absolute Gasteiger partial charge is 0.339 e. The number of nitriles is 1. The molecule has 0 unspecified atom stereocenters. The molecule has 1 aromatic carbocycles. The SMILES string of the molecule is COC(=O)c1cnc(N2CCN(c3cccc(F)c3C#N)CC2)c([N+](=O)[O-])c1. The van der Waals surface area contributed by atoms with Gasteiger partial charge in [-0.05, 0) is 12.1 Å². The molecule has 0 N–H and O–H groups in total. The van der Waals surface area contributed by atoms with Crippen LogP contribution in [-0.4, -0.2) is 49.2 Å². The van der Waals surface area contributed by atoms with Crippen LogP contribution in [0.4, 0.5) is 21.6 Å². The van der Waals surface area contributed by atoms with Crippen LogP contribution in [0.3, 0.4) is 0 Å². The van der Waals surface area contributed by atoms with E-state index in [1.165, 1.54) is 25.4 Å². The number of nitro groups is 1. The maximum Gasteiger partial charge on any atom is 0.339 e. The molecule has 1 aliphatic heterocycles. The van der Waals surface area contributed by atoms with Crippen molar-refractivity contribution in [3.8, 4) is 6.07 Å². The Morgan fingerprint density at radius 3 is 2.61 bits per heavy atom. The fraction of sp³-hybridized carbons (Fsp3) is 0.278. The van der Waals surface area contributed by atoms with Gasteiger partial charge in [0.2, 0.25) is 5.82 Å². The van der Waals surface area contributed by atoms with Gasteiger partial charge in [-0.1, -0.05) is 6.07 Å².